The minimum absolute atomic E-state index is 0.524. The summed E-state index contributed by atoms with van der Waals surface area (Å²) in [6, 6.07) is 6.97. The molecular formula is C13H17Br2FO. The quantitative estimate of drug-likeness (QED) is 0.455. The van der Waals surface area contributed by atoms with Crippen molar-refractivity contribution in [2.75, 3.05) is 6.61 Å². The molecule has 0 fully saturated rings. The first-order valence-electron chi connectivity index (χ1n) is 5.84. The zero-order valence-electron chi connectivity index (χ0n) is 9.89. The summed E-state index contributed by atoms with van der Waals surface area (Å²) in [5.74, 6) is 0.787. The van der Waals surface area contributed by atoms with E-state index in [-0.39, 0.29) is 0 Å². The van der Waals surface area contributed by atoms with Crippen LogP contribution in [0.1, 0.15) is 38.2 Å². The highest BCUT2D eigenvalue weighted by Gasteiger charge is 2.23. The summed E-state index contributed by atoms with van der Waals surface area (Å²) in [5.41, 5.74) is 0.524. The van der Waals surface area contributed by atoms with Crippen LogP contribution < -0.4 is 4.74 Å². The topological polar surface area (TPSA) is 9.23 Å². The Bertz CT molecular complexity index is 319. The molecule has 0 unspecified atom stereocenters. The lowest BCUT2D eigenvalue weighted by molar-refractivity contribution is 0.305. The summed E-state index contributed by atoms with van der Waals surface area (Å²) in [6.07, 6.45) is 4.74. The third-order valence-corrected chi connectivity index (χ3v) is 3.36. The Morgan fingerprint density at radius 2 is 1.76 bits per heavy atom. The number of benzene rings is 1. The second kappa shape index (κ2) is 7.37. The van der Waals surface area contributed by atoms with E-state index in [9.17, 15) is 4.39 Å². The fourth-order valence-electron chi connectivity index (χ4n) is 1.46. The number of ether oxygens (including phenoxy) is 1. The van der Waals surface area contributed by atoms with Crippen molar-refractivity contribution < 1.29 is 9.13 Å². The van der Waals surface area contributed by atoms with Crippen LogP contribution in [0.25, 0.3) is 0 Å². The van der Waals surface area contributed by atoms with Crippen LogP contribution in [0.4, 0.5) is 4.39 Å². The Kier molecular flexibility index (Phi) is 6.49. The largest absolute Gasteiger partial charge is 0.494 e. The van der Waals surface area contributed by atoms with Crippen LogP contribution in [0, 0.1) is 0 Å². The van der Waals surface area contributed by atoms with E-state index < -0.39 is 3.49 Å². The summed E-state index contributed by atoms with van der Waals surface area (Å²) in [6.45, 7) is 2.91. The smallest absolute Gasteiger partial charge is 0.244 e. The molecule has 0 aliphatic carbocycles. The first-order valence-corrected chi connectivity index (χ1v) is 7.42. The Hall–Kier alpha value is -0.0900. The first-order chi connectivity index (χ1) is 8.04. The van der Waals surface area contributed by atoms with Gasteiger partial charge in [-0.15, -0.1) is 0 Å². The lowest BCUT2D eigenvalue weighted by Crippen LogP contribution is -2.01. The molecular weight excluding hydrogens is 351 g/mol. The maximum absolute atomic E-state index is 13.4. The number of hydrogen-bond donors (Lipinski definition) is 0. The van der Waals surface area contributed by atoms with Crippen molar-refractivity contribution in [3.8, 4) is 5.75 Å². The van der Waals surface area contributed by atoms with Gasteiger partial charge in [0.1, 0.15) is 5.75 Å². The number of rotatable bonds is 7. The van der Waals surface area contributed by atoms with Crippen LogP contribution in [0.2, 0.25) is 0 Å². The van der Waals surface area contributed by atoms with Crippen LogP contribution in [-0.4, -0.2) is 6.61 Å². The van der Waals surface area contributed by atoms with E-state index in [1.165, 1.54) is 19.3 Å². The zero-order chi connectivity index (χ0) is 12.7. The second-order valence-corrected chi connectivity index (χ2v) is 7.18. The van der Waals surface area contributed by atoms with E-state index >= 15 is 0 Å². The lowest BCUT2D eigenvalue weighted by Gasteiger charge is -2.11. The summed E-state index contributed by atoms with van der Waals surface area (Å²) in [7, 11) is 0. The van der Waals surface area contributed by atoms with Crippen molar-refractivity contribution in [1.82, 2.24) is 0 Å². The predicted molar refractivity (Wildman–Crippen MR) is 76.7 cm³/mol. The van der Waals surface area contributed by atoms with Gasteiger partial charge in [0.05, 0.1) is 6.61 Å². The fraction of sp³-hybridized carbons (Fsp3) is 0.538. The molecule has 0 spiro atoms. The molecule has 96 valence electrons. The Morgan fingerprint density at radius 3 is 2.29 bits per heavy atom. The van der Waals surface area contributed by atoms with E-state index in [2.05, 4.69) is 38.8 Å². The van der Waals surface area contributed by atoms with E-state index in [0.717, 1.165) is 18.8 Å². The molecule has 1 nitrogen and oxygen atoms in total. The first kappa shape index (κ1) is 15.0. The van der Waals surface area contributed by atoms with Gasteiger partial charge in [-0.1, -0.05) is 38.3 Å². The van der Waals surface area contributed by atoms with Crippen LogP contribution in [0.15, 0.2) is 24.3 Å². The summed E-state index contributed by atoms with van der Waals surface area (Å²) in [5, 5.41) is 0. The highest BCUT2D eigenvalue weighted by atomic mass is 79.9. The third kappa shape index (κ3) is 5.87. The maximum Gasteiger partial charge on any atom is 0.244 e. The van der Waals surface area contributed by atoms with Gasteiger partial charge in [-0.2, -0.15) is 0 Å². The normalized spacial score (nSPS) is 11.5. The molecule has 0 aromatic heterocycles. The van der Waals surface area contributed by atoms with Crippen LogP contribution >= 0.6 is 31.9 Å². The SMILES string of the molecule is CCCCCCOc1ccc(C(F)(Br)Br)cc1. The minimum atomic E-state index is -1.65. The van der Waals surface area contributed by atoms with Crippen LogP contribution in [-0.2, 0) is 3.49 Å². The molecule has 1 rings (SSSR count). The molecule has 0 heterocycles. The maximum atomic E-state index is 13.4. The van der Waals surface area contributed by atoms with Gasteiger partial charge >= 0.3 is 0 Å². The van der Waals surface area contributed by atoms with Crippen molar-refractivity contribution in [3.63, 3.8) is 0 Å². The molecule has 0 amide bonds. The summed E-state index contributed by atoms with van der Waals surface area (Å²) < 4.78 is 17.4. The number of alkyl halides is 3. The highest BCUT2D eigenvalue weighted by molar-refractivity contribution is 9.24. The molecule has 1 aromatic rings. The van der Waals surface area contributed by atoms with Gasteiger partial charge in [-0.3, -0.25) is 0 Å². The highest BCUT2D eigenvalue weighted by Crippen LogP contribution is 2.39. The van der Waals surface area contributed by atoms with Gasteiger partial charge in [0.15, 0.2) is 0 Å². The molecule has 0 atom stereocenters. The van der Waals surface area contributed by atoms with Crippen molar-refractivity contribution >= 4 is 31.9 Å². The number of unbranched alkanes of at least 4 members (excludes halogenated alkanes) is 3. The molecule has 1 aromatic carbocycles. The van der Waals surface area contributed by atoms with E-state index in [0.29, 0.717) is 5.56 Å². The van der Waals surface area contributed by atoms with Crippen molar-refractivity contribution in [2.24, 2.45) is 0 Å². The fourth-order valence-corrected chi connectivity index (χ4v) is 1.99. The number of halogens is 3. The predicted octanol–water partition coefficient (Wildman–Crippen LogP) is 5.52. The van der Waals surface area contributed by atoms with E-state index in [4.69, 9.17) is 4.74 Å². The molecule has 0 saturated heterocycles. The Labute approximate surface area is 119 Å². The molecule has 4 heteroatoms. The van der Waals surface area contributed by atoms with E-state index in [1.54, 1.807) is 24.3 Å². The Morgan fingerprint density at radius 1 is 1.12 bits per heavy atom. The molecule has 0 N–H and O–H groups in total. The molecule has 17 heavy (non-hydrogen) atoms. The molecule has 0 saturated carbocycles. The molecule has 0 radical (unpaired) electrons. The molecule has 0 aliphatic rings. The monoisotopic (exact) mass is 366 g/mol. The van der Waals surface area contributed by atoms with Crippen molar-refractivity contribution in [3.05, 3.63) is 29.8 Å². The van der Waals surface area contributed by atoms with Gasteiger partial charge in [-0.05, 0) is 50.4 Å². The van der Waals surface area contributed by atoms with Crippen LogP contribution in [0.3, 0.4) is 0 Å². The van der Waals surface area contributed by atoms with Crippen molar-refractivity contribution in [2.45, 2.75) is 36.1 Å². The third-order valence-electron chi connectivity index (χ3n) is 2.45. The molecule has 0 bridgehead atoms. The summed E-state index contributed by atoms with van der Waals surface area (Å²) in [4.78, 5) is 0. The van der Waals surface area contributed by atoms with Gasteiger partial charge < -0.3 is 4.74 Å². The van der Waals surface area contributed by atoms with Gasteiger partial charge in [-0.25, -0.2) is 4.39 Å². The number of hydrogen-bond acceptors (Lipinski definition) is 1. The summed E-state index contributed by atoms with van der Waals surface area (Å²) >= 11 is 5.80. The van der Waals surface area contributed by atoms with Gasteiger partial charge in [0.25, 0.3) is 0 Å². The Balaban J connectivity index is 2.36. The van der Waals surface area contributed by atoms with Gasteiger partial charge in [0, 0.05) is 5.56 Å². The zero-order valence-corrected chi connectivity index (χ0v) is 13.1. The molecule has 0 aliphatic heterocycles. The van der Waals surface area contributed by atoms with Crippen LogP contribution in [0.5, 0.6) is 5.75 Å². The average Bonchev–Trinajstić information content (AvgIpc) is 2.28. The lowest BCUT2D eigenvalue weighted by atomic mass is 10.2. The van der Waals surface area contributed by atoms with Crippen molar-refractivity contribution in [1.29, 1.82) is 0 Å². The second-order valence-electron chi connectivity index (χ2n) is 3.93. The van der Waals surface area contributed by atoms with E-state index in [1.807, 2.05) is 0 Å². The standard InChI is InChI=1S/C13H17Br2FO/c1-2-3-4-5-10-17-12-8-6-11(7-9-12)13(14,15)16/h6-9H,2-5,10H2,1H3. The minimum Gasteiger partial charge on any atom is -0.494 e. The van der Waals surface area contributed by atoms with Gasteiger partial charge in [0.2, 0.25) is 3.49 Å². The average molecular weight is 368 g/mol.